The molecule has 3 aliphatic rings. The highest BCUT2D eigenvalue weighted by Gasteiger charge is 2.46. The number of fused-ring (bicyclic) bond motifs is 2. The predicted molar refractivity (Wildman–Crippen MR) is 111 cm³/mol. The van der Waals surface area contributed by atoms with E-state index in [1.807, 2.05) is 17.0 Å². The first kappa shape index (κ1) is 18.3. The Morgan fingerprint density at radius 1 is 1.07 bits per heavy atom. The summed E-state index contributed by atoms with van der Waals surface area (Å²) in [6, 6.07) is 14.5. The summed E-state index contributed by atoms with van der Waals surface area (Å²) < 4.78 is 0. The molecule has 5 rings (SSSR count). The van der Waals surface area contributed by atoms with Crippen LogP contribution in [0.1, 0.15) is 66.1 Å². The van der Waals surface area contributed by atoms with Gasteiger partial charge in [0, 0.05) is 31.7 Å². The Kier molecular flexibility index (Phi) is 4.61. The van der Waals surface area contributed by atoms with Crippen molar-refractivity contribution < 1.29 is 9.59 Å². The Balaban J connectivity index is 1.31. The lowest BCUT2D eigenvalue weighted by Gasteiger charge is -2.40. The topological polar surface area (TPSA) is 62.3 Å². The number of nitrogens with zero attached hydrogens (tertiary/aromatic N) is 2. The van der Waals surface area contributed by atoms with E-state index in [9.17, 15) is 9.59 Å². The van der Waals surface area contributed by atoms with Crippen molar-refractivity contribution in [2.45, 2.75) is 55.9 Å². The standard InChI is InChI=1S/C24H27N3O2/c28-22(26-18-8-9-18)15-17-16-24(20-6-2-1-5-19(17)20)10-13-27(14-11-24)23(29)21-7-3-4-12-25-21/h1-7,12,17-18H,8-11,13-16H2,(H,26,28)/t17-/m1/s1. The summed E-state index contributed by atoms with van der Waals surface area (Å²) in [4.78, 5) is 31.4. The first-order chi connectivity index (χ1) is 14.1. The van der Waals surface area contributed by atoms with E-state index in [2.05, 4.69) is 34.6 Å². The molecule has 1 atom stereocenters. The van der Waals surface area contributed by atoms with Gasteiger partial charge in [0.1, 0.15) is 5.69 Å². The normalized spacial score (nSPS) is 22.3. The molecule has 1 aromatic heterocycles. The third-order valence-corrected chi connectivity index (χ3v) is 6.88. The number of piperidine rings is 1. The van der Waals surface area contributed by atoms with Crippen LogP contribution in [0.15, 0.2) is 48.7 Å². The Morgan fingerprint density at radius 2 is 1.83 bits per heavy atom. The number of likely N-dealkylation sites (tertiary alicyclic amines) is 1. The Bertz CT molecular complexity index is 915. The minimum absolute atomic E-state index is 0.0205. The van der Waals surface area contributed by atoms with Crippen molar-refractivity contribution in [1.82, 2.24) is 15.2 Å². The predicted octanol–water partition coefficient (Wildman–Crippen LogP) is 3.41. The molecule has 5 heteroatoms. The zero-order valence-corrected chi connectivity index (χ0v) is 16.6. The monoisotopic (exact) mass is 389 g/mol. The molecular weight excluding hydrogens is 362 g/mol. The summed E-state index contributed by atoms with van der Waals surface area (Å²) in [6.07, 6.45) is 7.39. The molecule has 0 unspecified atom stereocenters. The van der Waals surface area contributed by atoms with Gasteiger partial charge in [0.25, 0.3) is 5.91 Å². The molecule has 1 spiro atoms. The summed E-state index contributed by atoms with van der Waals surface area (Å²) in [5, 5.41) is 3.14. The molecule has 0 radical (unpaired) electrons. The zero-order chi connectivity index (χ0) is 19.8. The fourth-order valence-corrected chi connectivity index (χ4v) is 5.21. The number of aromatic nitrogens is 1. The zero-order valence-electron chi connectivity index (χ0n) is 16.6. The molecule has 2 aromatic rings. The lowest BCUT2D eigenvalue weighted by Crippen LogP contribution is -2.44. The van der Waals surface area contributed by atoms with Gasteiger partial charge in [-0.15, -0.1) is 0 Å². The molecule has 1 aliphatic heterocycles. The first-order valence-electron chi connectivity index (χ1n) is 10.7. The van der Waals surface area contributed by atoms with Crippen LogP contribution in [0.4, 0.5) is 0 Å². The van der Waals surface area contributed by atoms with E-state index in [-0.39, 0.29) is 23.1 Å². The fraction of sp³-hybridized carbons (Fsp3) is 0.458. The van der Waals surface area contributed by atoms with Crippen molar-refractivity contribution in [1.29, 1.82) is 0 Å². The van der Waals surface area contributed by atoms with Crippen LogP contribution in [-0.4, -0.2) is 40.8 Å². The largest absolute Gasteiger partial charge is 0.353 e. The molecule has 29 heavy (non-hydrogen) atoms. The van der Waals surface area contributed by atoms with Crippen molar-refractivity contribution in [3.8, 4) is 0 Å². The van der Waals surface area contributed by atoms with Crippen molar-refractivity contribution in [3.05, 3.63) is 65.5 Å². The van der Waals surface area contributed by atoms with Crippen LogP contribution in [0.2, 0.25) is 0 Å². The maximum Gasteiger partial charge on any atom is 0.272 e. The van der Waals surface area contributed by atoms with Gasteiger partial charge >= 0.3 is 0 Å². The number of pyridine rings is 1. The smallest absolute Gasteiger partial charge is 0.272 e. The van der Waals surface area contributed by atoms with Crippen LogP contribution in [0, 0.1) is 0 Å². The summed E-state index contributed by atoms with van der Waals surface area (Å²) in [7, 11) is 0. The van der Waals surface area contributed by atoms with Gasteiger partial charge in [0.05, 0.1) is 0 Å². The molecular formula is C24H27N3O2. The van der Waals surface area contributed by atoms with Crippen LogP contribution >= 0.6 is 0 Å². The van der Waals surface area contributed by atoms with Crippen molar-refractivity contribution in [2.24, 2.45) is 0 Å². The van der Waals surface area contributed by atoms with Crippen molar-refractivity contribution >= 4 is 11.8 Å². The van der Waals surface area contributed by atoms with Gasteiger partial charge in [-0.05, 0) is 66.7 Å². The lowest BCUT2D eigenvalue weighted by atomic mass is 9.73. The number of rotatable bonds is 4. The maximum absolute atomic E-state index is 12.8. The van der Waals surface area contributed by atoms with Crippen LogP contribution in [0.25, 0.3) is 0 Å². The van der Waals surface area contributed by atoms with E-state index >= 15 is 0 Å². The minimum atomic E-state index is 0.0205. The van der Waals surface area contributed by atoms with Gasteiger partial charge in [0.2, 0.25) is 5.91 Å². The van der Waals surface area contributed by atoms with Gasteiger partial charge in [0.15, 0.2) is 0 Å². The Hall–Kier alpha value is -2.69. The lowest BCUT2D eigenvalue weighted by molar-refractivity contribution is -0.121. The minimum Gasteiger partial charge on any atom is -0.353 e. The van der Waals surface area contributed by atoms with Crippen molar-refractivity contribution in [3.63, 3.8) is 0 Å². The Morgan fingerprint density at radius 3 is 2.55 bits per heavy atom. The Labute approximate surface area is 171 Å². The van der Waals surface area contributed by atoms with E-state index in [1.54, 1.807) is 12.3 Å². The first-order valence-corrected chi connectivity index (χ1v) is 10.7. The molecule has 1 saturated heterocycles. The average molecular weight is 389 g/mol. The van der Waals surface area contributed by atoms with E-state index in [0.717, 1.165) is 45.2 Å². The maximum atomic E-state index is 12.8. The molecule has 2 heterocycles. The summed E-state index contributed by atoms with van der Waals surface area (Å²) in [6.45, 7) is 1.48. The highest BCUT2D eigenvalue weighted by molar-refractivity contribution is 5.92. The summed E-state index contributed by atoms with van der Waals surface area (Å²) >= 11 is 0. The highest BCUT2D eigenvalue weighted by Crippen LogP contribution is 2.52. The number of hydrogen-bond donors (Lipinski definition) is 1. The molecule has 1 aromatic carbocycles. The second kappa shape index (κ2) is 7.29. The van der Waals surface area contributed by atoms with Crippen LogP contribution < -0.4 is 5.32 Å². The number of amides is 2. The molecule has 2 fully saturated rings. The van der Waals surface area contributed by atoms with Gasteiger partial charge in [-0.3, -0.25) is 14.6 Å². The number of carbonyl (C=O) groups excluding carboxylic acids is 2. The number of hydrogen-bond acceptors (Lipinski definition) is 3. The number of carbonyl (C=O) groups is 2. The SMILES string of the molecule is O=C(C[C@@H]1CC2(CCN(C(=O)c3ccccn3)CC2)c2ccccc21)NC1CC1. The molecule has 2 amide bonds. The molecule has 1 N–H and O–H groups in total. The van der Waals surface area contributed by atoms with Crippen LogP contribution in [0.5, 0.6) is 0 Å². The van der Waals surface area contributed by atoms with Gasteiger partial charge < -0.3 is 10.2 Å². The van der Waals surface area contributed by atoms with E-state index in [1.165, 1.54) is 11.1 Å². The van der Waals surface area contributed by atoms with Crippen molar-refractivity contribution in [2.75, 3.05) is 13.1 Å². The average Bonchev–Trinajstić information content (AvgIpc) is 3.53. The third-order valence-electron chi connectivity index (χ3n) is 6.88. The summed E-state index contributed by atoms with van der Waals surface area (Å²) in [5.74, 6) is 0.488. The molecule has 5 nitrogen and oxygen atoms in total. The second-order valence-electron chi connectivity index (χ2n) is 8.82. The van der Waals surface area contributed by atoms with E-state index < -0.39 is 0 Å². The highest BCUT2D eigenvalue weighted by atomic mass is 16.2. The van der Waals surface area contributed by atoms with Gasteiger partial charge in [-0.25, -0.2) is 0 Å². The summed E-state index contributed by atoms with van der Waals surface area (Å²) in [5.41, 5.74) is 3.34. The second-order valence-corrected chi connectivity index (χ2v) is 8.82. The third kappa shape index (κ3) is 3.54. The van der Waals surface area contributed by atoms with Crippen LogP contribution in [0.3, 0.4) is 0 Å². The van der Waals surface area contributed by atoms with E-state index in [4.69, 9.17) is 0 Å². The van der Waals surface area contributed by atoms with Gasteiger partial charge in [-0.2, -0.15) is 0 Å². The van der Waals surface area contributed by atoms with Crippen LogP contribution in [-0.2, 0) is 10.2 Å². The molecule has 150 valence electrons. The molecule has 0 bridgehead atoms. The van der Waals surface area contributed by atoms with E-state index in [0.29, 0.717) is 18.2 Å². The number of nitrogens with one attached hydrogen (secondary N) is 1. The molecule has 2 aliphatic carbocycles. The molecule has 1 saturated carbocycles. The number of benzene rings is 1. The fourth-order valence-electron chi connectivity index (χ4n) is 5.21. The van der Waals surface area contributed by atoms with Gasteiger partial charge in [-0.1, -0.05) is 30.3 Å². The quantitative estimate of drug-likeness (QED) is 0.872.